The van der Waals surface area contributed by atoms with Gasteiger partial charge in [-0.2, -0.15) is 5.26 Å². The van der Waals surface area contributed by atoms with Gasteiger partial charge in [0.15, 0.2) is 0 Å². The fourth-order valence-electron chi connectivity index (χ4n) is 6.06. The van der Waals surface area contributed by atoms with Gasteiger partial charge < -0.3 is 9.80 Å². The van der Waals surface area contributed by atoms with Gasteiger partial charge in [-0.05, 0) is 93.3 Å². The molecule has 1 aromatic heterocycles. The SMILES string of the molecule is CN1CCC2(CC1)CCN(c1cnc3c(-c4ccc(C#N)cc4)cccc3c1C1CC1)CC2. The number of nitrogens with zero attached hydrogens (tertiary/aromatic N) is 4. The number of para-hydroxylation sites is 1. The van der Waals surface area contributed by atoms with Crippen LogP contribution in [0.25, 0.3) is 22.0 Å². The Balaban J connectivity index is 1.34. The van der Waals surface area contributed by atoms with E-state index < -0.39 is 0 Å². The van der Waals surface area contributed by atoms with Crippen molar-refractivity contribution < 1.29 is 0 Å². The summed E-state index contributed by atoms with van der Waals surface area (Å²) in [5.41, 5.74) is 7.55. The maximum atomic E-state index is 9.15. The molecule has 0 N–H and O–H groups in total. The molecule has 4 heteroatoms. The molecule has 4 nitrogen and oxygen atoms in total. The van der Waals surface area contributed by atoms with Gasteiger partial charge in [0.1, 0.15) is 0 Å². The third kappa shape index (κ3) is 3.79. The lowest BCUT2D eigenvalue weighted by Crippen LogP contribution is -2.46. The fourth-order valence-corrected chi connectivity index (χ4v) is 6.06. The lowest BCUT2D eigenvalue weighted by Gasteiger charge is -2.47. The highest BCUT2D eigenvalue weighted by Gasteiger charge is 2.38. The smallest absolute Gasteiger partial charge is 0.0991 e. The Morgan fingerprint density at radius 3 is 2.30 bits per heavy atom. The van der Waals surface area contributed by atoms with Gasteiger partial charge in [-0.15, -0.1) is 0 Å². The van der Waals surface area contributed by atoms with E-state index in [1.165, 1.54) is 68.3 Å². The predicted molar refractivity (Wildman–Crippen MR) is 134 cm³/mol. The Morgan fingerprint density at radius 2 is 1.64 bits per heavy atom. The van der Waals surface area contributed by atoms with Gasteiger partial charge in [0.25, 0.3) is 0 Å². The first-order valence-electron chi connectivity index (χ1n) is 12.5. The van der Waals surface area contributed by atoms with E-state index >= 15 is 0 Å². The molecule has 33 heavy (non-hydrogen) atoms. The van der Waals surface area contributed by atoms with Crippen LogP contribution in [0.4, 0.5) is 5.69 Å². The third-order valence-electron chi connectivity index (χ3n) is 8.44. The first-order valence-corrected chi connectivity index (χ1v) is 12.5. The molecule has 2 aliphatic heterocycles. The molecule has 0 bridgehead atoms. The van der Waals surface area contributed by atoms with Crippen LogP contribution in [0.3, 0.4) is 0 Å². The molecule has 1 saturated carbocycles. The van der Waals surface area contributed by atoms with E-state index in [-0.39, 0.29) is 0 Å². The number of nitriles is 1. The number of rotatable bonds is 3. The lowest BCUT2D eigenvalue weighted by molar-refractivity contribution is 0.0944. The summed E-state index contributed by atoms with van der Waals surface area (Å²) < 4.78 is 0. The van der Waals surface area contributed by atoms with Crippen LogP contribution in [0.2, 0.25) is 0 Å². The fraction of sp³-hybridized carbons (Fsp3) is 0.448. The number of likely N-dealkylation sites (tertiary alicyclic amines) is 1. The van der Waals surface area contributed by atoms with Gasteiger partial charge in [-0.25, -0.2) is 0 Å². The van der Waals surface area contributed by atoms with Gasteiger partial charge in [-0.3, -0.25) is 4.98 Å². The molecule has 3 aromatic rings. The van der Waals surface area contributed by atoms with Crippen LogP contribution in [-0.2, 0) is 0 Å². The second kappa shape index (κ2) is 8.15. The van der Waals surface area contributed by atoms with Crippen LogP contribution in [0.1, 0.15) is 55.6 Å². The molecule has 0 amide bonds. The first-order chi connectivity index (χ1) is 16.2. The van der Waals surface area contributed by atoms with Crippen LogP contribution < -0.4 is 4.90 Å². The van der Waals surface area contributed by atoms with Crippen LogP contribution in [0.5, 0.6) is 0 Å². The van der Waals surface area contributed by atoms with Crippen LogP contribution in [0.15, 0.2) is 48.7 Å². The van der Waals surface area contributed by atoms with Crippen molar-refractivity contribution in [2.75, 3.05) is 38.1 Å². The summed E-state index contributed by atoms with van der Waals surface area (Å²) >= 11 is 0. The standard InChI is InChI=1S/C29H32N4/c1-32-15-11-29(12-16-32)13-17-33(18-14-29)26-20-31-28-24(22-7-5-21(19-30)6-8-22)3-2-4-25(28)27(26)23-9-10-23/h2-8,20,23H,9-18H2,1H3. The van der Waals surface area contributed by atoms with Crippen LogP contribution in [-0.4, -0.2) is 43.1 Å². The average molecular weight is 437 g/mol. The van der Waals surface area contributed by atoms with E-state index in [9.17, 15) is 0 Å². The average Bonchev–Trinajstić information content (AvgIpc) is 3.71. The number of anilines is 1. The Bertz CT molecular complexity index is 1200. The quantitative estimate of drug-likeness (QED) is 0.508. The summed E-state index contributed by atoms with van der Waals surface area (Å²) in [4.78, 5) is 10.2. The summed E-state index contributed by atoms with van der Waals surface area (Å²) in [6.45, 7) is 4.82. The number of pyridine rings is 1. The minimum absolute atomic E-state index is 0.565. The minimum Gasteiger partial charge on any atom is -0.370 e. The van der Waals surface area contributed by atoms with E-state index in [0.29, 0.717) is 16.9 Å². The van der Waals surface area contributed by atoms with Crippen molar-refractivity contribution >= 4 is 16.6 Å². The normalized spacial score (nSPS) is 20.8. The summed E-state index contributed by atoms with van der Waals surface area (Å²) in [6.07, 6.45) is 10.1. The lowest BCUT2D eigenvalue weighted by atomic mass is 9.71. The zero-order valence-corrected chi connectivity index (χ0v) is 19.6. The maximum Gasteiger partial charge on any atom is 0.0991 e. The van der Waals surface area contributed by atoms with E-state index in [1.54, 1.807) is 0 Å². The molecule has 0 atom stereocenters. The highest BCUT2D eigenvalue weighted by atomic mass is 15.2. The molecule has 2 aromatic carbocycles. The van der Waals surface area contributed by atoms with Crippen LogP contribution >= 0.6 is 0 Å². The number of hydrogen-bond acceptors (Lipinski definition) is 4. The summed E-state index contributed by atoms with van der Waals surface area (Å²) in [6, 6.07) is 16.7. The van der Waals surface area contributed by atoms with E-state index in [2.05, 4.69) is 47.3 Å². The highest BCUT2D eigenvalue weighted by Crippen LogP contribution is 2.50. The Labute approximate surface area is 196 Å². The highest BCUT2D eigenvalue weighted by molar-refractivity contribution is 5.98. The molecule has 3 aliphatic rings. The number of fused-ring (bicyclic) bond motifs is 1. The predicted octanol–water partition coefficient (Wildman–Crippen LogP) is 5.96. The topological polar surface area (TPSA) is 43.2 Å². The van der Waals surface area contributed by atoms with Crippen molar-refractivity contribution in [3.63, 3.8) is 0 Å². The second-order valence-corrected chi connectivity index (χ2v) is 10.5. The Morgan fingerprint density at radius 1 is 0.939 bits per heavy atom. The summed E-state index contributed by atoms with van der Waals surface area (Å²) in [5.74, 6) is 0.668. The zero-order chi connectivity index (χ0) is 22.4. The van der Waals surface area contributed by atoms with Crippen molar-refractivity contribution in [1.29, 1.82) is 5.26 Å². The molecule has 0 radical (unpaired) electrons. The molecule has 168 valence electrons. The second-order valence-electron chi connectivity index (χ2n) is 10.5. The molecular weight excluding hydrogens is 404 g/mol. The molecular formula is C29H32N4. The van der Waals surface area contributed by atoms with Gasteiger partial charge >= 0.3 is 0 Å². The van der Waals surface area contributed by atoms with E-state index in [1.807, 2.05) is 24.3 Å². The van der Waals surface area contributed by atoms with Crippen molar-refractivity contribution in [3.05, 3.63) is 59.8 Å². The van der Waals surface area contributed by atoms with E-state index in [0.717, 1.165) is 29.7 Å². The van der Waals surface area contributed by atoms with Crippen molar-refractivity contribution in [2.45, 2.75) is 44.4 Å². The zero-order valence-electron chi connectivity index (χ0n) is 19.6. The number of benzene rings is 2. The number of hydrogen-bond donors (Lipinski definition) is 0. The molecule has 3 fully saturated rings. The van der Waals surface area contributed by atoms with Gasteiger partial charge in [0, 0.05) is 24.0 Å². The largest absolute Gasteiger partial charge is 0.370 e. The molecule has 1 spiro atoms. The molecule has 1 aliphatic carbocycles. The number of aromatic nitrogens is 1. The van der Waals surface area contributed by atoms with Crippen LogP contribution in [0, 0.1) is 16.7 Å². The van der Waals surface area contributed by atoms with Gasteiger partial charge in [0.05, 0.1) is 29.0 Å². The Kier molecular flexibility index (Phi) is 5.11. The summed E-state index contributed by atoms with van der Waals surface area (Å²) in [7, 11) is 2.26. The number of piperidine rings is 2. The van der Waals surface area contributed by atoms with Crippen molar-refractivity contribution in [3.8, 4) is 17.2 Å². The first kappa shape index (κ1) is 20.7. The maximum absolute atomic E-state index is 9.15. The molecule has 0 unspecified atom stereocenters. The van der Waals surface area contributed by atoms with Crippen molar-refractivity contribution in [2.24, 2.45) is 5.41 Å². The Hall–Kier alpha value is -2.90. The molecule has 3 heterocycles. The summed E-state index contributed by atoms with van der Waals surface area (Å²) in [5, 5.41) is 10.5. The van der Waals surface area contributed by atoms with E-state index in [4.69, 9.17) is 10.2 Å². The minimum atomic E-state index is 0.565. The third-order valence-corrected chi connectivity index (χ3v) is 8.44. The van der Waals surface area contributed by atoms with Gasteiger partial charge in [0.2, 0.25) is 0 Å². The van der Waals surface area contributed by atoms with Crippen molar-refractivity contribution in [1.82, 2.24) is 9.88 Å². The monoisotopic (exact) mass is 436 g/mol. The molecule has 2 saturated heterocycles. The molecule has 6 rings (SSSR count). The van der Waals surface area contributed by atoms with Gasteiger partial charge in [-0.1, -0.05) is 30.3 Å².